The summed E-state index contributed by atoms with van der Waals surface area (Å²) in [5.41, 5.74) is 1.62. The quantitative estimate of drug-likeness (QED) is 0.827. The van der Waals surface area contributed by atoms with Gasteiger partial charge < -0.3 is 10.1 Å². The zero-order valence-corrected chi connectivity index (χ0v) is 11.3. The van der Waals surface area contributed by atoms with Gasteiger partial charge in [0, 0.05) is 13.1 Å². The largest absolute Gasteiger partial charge is 0.481 e. The molecule has 20 heavy (non-hydrogen) atoms. The van der Waals surface area contributed by atoms with Gasteiger partial charge in [0.05, 0.1) is 17.5 Å². The van der Waals surface area contributed by atoms with Gasteiger partial charge in [0.15, 0.2) is 0 Å². The standard InChI is InChI=1S/C14H17N3O3/c1-2-17(8-7-13(18)19)9-12-14(20)16-11-6-4-3-5-10(11)15-12/h3-6H,2,7-9H2,1H3,(H,16,20)(H,18,19). The number of carbonyl (C=O) groups is 1. The highest BCUT2D eigenvalue weighted by Gasteiger charge is 2.11. The molecular formula is C14H17N3O3. The maximum atomic E-state index is 12.0. The Morgan fingerprint density at radius 3 is 2.85 bits per heavy atom. The summed E-state index contributed by atoms with van der Waals surface area (Å²) >= 11 is 0. The number of carboxylic acids is 1. The Kier molecular flexibility index (Phi) is 4.47. The van der Waals surface area contributed by atoms with Gasteiger partial charge in [-0.2, -0.15) is 0 Å². The van der Waals surface area contributed by atoms with Crippen LogP contribution in [0.3, 0.4) is 0 Å². The molecule has 1 aromatic heterocycles. The summed E-state index contributed by atoms with van der Waals surface area (Å²) < 4.78 is 0. The fourth-order valence-corrected chi connectivity index (χ4v) is 1.99. The van der Waals surface area contributed by atoms with Crippen molar-refractivity contribution in [1.82, 2.24) is 14.9 Å². The summed E-state index contributed by atoms with van der Waals surface area (Å²) in [5, 5.41) is 8.71. The third-order valence-corrected chi connectivity index (χ3v) is 3.13. The average molecular weight is 275 g/mol. The molecule has 0 amide bonds. The Hall–Kier alpha value is -2.21. The molecule has 0 bridgehead atoms. The molecule has 1 aromatic carbocycles. The van der Waals surface area contributed by atoms with Crippen LogP contribution in [0.4, 0.5) is 0 Å². The third kappa shape index (κ3) is 3.42. The van der Waals surface area contributed by atoms with Crippen LogP contribution in [-0.4, -0.2) is 39.0 Å². The fourth-order valence-electron chi connectivity index (χ4n) is 1.99. The SMILES string of the molecule is CCN(CCC(=O)O)Cc1nc2ccccc2[nH]c1=O. The van der Waals surface area contributed by atoms with E-state index in [1.165, 1.54) is 0 Å². The van der Waals surface area contributed by atoms with Crippen molar-refractivity contribution in [2.45, 2.75) is 19.9 Å². The fraction of sp³-hybridized carbons (Fsp3) is 0.357. The molecule has 6 heteroatoms. The van der Waals surface area contributed by atoms with Crippen LogP contribution in [0.1, 0.15) is 19.0 Å². The van der Waals surface area contributed by atoms with Crippen molar-refractivity contribution in [2.75, 3.05) is 13.1 Å². The molecule has 1 heterocycles. The molecule has 0 spiro atoms. The molecule has 0 atom stereocenters. The zero-order chi connectivity index (χ0) is 14.5. The summed E-state index contributed by atoms with van der Waals surface area (Å²) in [6.07, 6.45) is 0.0549. The van der Waals surface area contributed by atoms with Gasteiger partial charge in [-0.3, -0.25) is 14.5 Å². The van der Waals surface area contributed by atoms with Crippen LogP contribution in [0, 0.1) is 0 Å². The molecule has 0 saturated carbocycles. The van der Waals surface area contributed by atoms with Gasteiger partial charge in [0.1, 0.15) is 5.69 Å². The number of H-pyrrole nitrogens is 1. The van der Waals surface area contributed by atoms with Crippen molar-refractivity contribution < 1.29 is 9.90 Å². The maximum absolute atomic E-state index is 12.0. The molecule has 0 saturated heterocycles. The van der Waals surface area contributed by atoms with E-state index in [0.29, 0.717) is 30.8 Å². The number of carboxylic acid groups (broad SMARTS) is 1. The highest BCUT2D eigenvalue weighted by Crippen LogP contribution is 2.07. The van der Waals surface area contributed by atoms with E-state index in [1.54, 1.807) is 6.07 Å². The molecule has 0 aliphatic heterocycles. The highest BCUT2D eigenvalue weighted by atomic mass is 16.4. The van der Waals surface area contributed by atoms with Gasteiger partial charge in [-0.15, -0.1) is 0 Å². The second-order valence-electron chi connectivity index (χ2n) is 4.54. The molecular weight excluding hydrogens is 258 g/mol. The predicted octanol–water partition coefficient (Wildman–Crippen LogP) is 1.22. The van der Waals surface area contributed by atoms with Crippen molar-refractivity contribution in [3.8, 4) is 0 Å². The van der Waals surface area contributed by atoms with E-state index in [4.69, 9.17) is 5.11 Å². The number of benzene rings is 1. The summed E-state index contributed by atoms with van der Waals surface area (Å²) in [4.78, 5) is 31.6. The first-order valence-electron chi connectivity index (χ1n) is 6.52. The average Bonchev–Trinajstić information content (AvgIpc) is 2.43. The molecule has 0 radical (unpaired) electrons. The predicted molar refractivity (Wildman–Crippen MR) is 75.6 cm³/mol. The summed E-state index contributed by atoms with van der Waals surface area (Å²) in [7, 11) is 0. The van der Waals surface area contributed by atoms with Crippen molar-refractivity contribution in [2.24, 2.45) is 0 Å². The minimum absolute atomic E-state index is 0.0549. The summed E-state index contributed by atoms with van der Waals surface area (Å²) in [5.74, 6) is -0.844. The lowest BCUT2D eigenvalue weighted by molar-refractivity contribution is -0.137. The molecule has 106 valence electrons. The molecule has 0 unspecified atom stereocenters. The van der Waals surface area contributed by atoms with E-state index in [0.717, 1.165) is 5.52 Å². The molecule has 2 N–H and O–H groups in total. The highest BCUT2D eigenvalue weighted by molar-refractivity contribution is 5.73. The van der Waals surface area contributed by atoms with Crippen molar-refractivity contribution >= 4 is 17.0 Å². The van der Waals surface area contributed by atoms with Crippen LogP contribution in [-0.2, 0) is 11.3 Å². The van der Waals surface area contributed by atoms with Gasteiger partial charge in [0.2, 0.25) is 0 Å². The zero-order valence-electron chi connectivity index (χ0n) is 11.3. The minimum Gasteiger partial charge on any atom is -0.481 e. The van der Waals surface area contributed by atoms with Crippen LogP contribution in [0.15, 0.2) is 29.1 Å². The van der Waals surface area contributed by atoms with E-state index in [2.05, 4.69) is 9.97 Å². The number of fused-ring (bicyclic) bond motifs is 1. The number of aromatic amines is 1. The molecule has 6 nitrogen and oxygen atoms in total. The lowest BCUT2D eigenvalue weighted by atomic mass is 10.3. The van der Waals surface area contributed by atoms with Gasteiger partial charge in [-0.05, 0) is 18.7 Å². The van der Waals surface area contributed by atoms with E-state index in [1.807, 2.05) is 30.0 Å². The van der Waals surface area contributed by atoms with Crippen molar-refractivity contribution in [3.63, 3.8) is 0 Å². The molecule has 2 rings (SSSR count). The second kappa shape index (κ2) is 6.29. The van der Waals surface area contributed by atoms with Crippen LogP contribution < -0.4 is 5.56 Å². The Morgan fingerprint density at radius 1 is 1.40 bits per heavy atom. The van der Waals surface area contributed by atoms with Gasteiger partial charge >= 0.3 is 5.97 Å². The lowest BCUT2D eigenvalue weighted by Crippen LogP contribution is -2.29. The molecule has 0 aliphatic carbocycles. The van der Waals surface area contributed by atoms with Crippen LogP contribution >= 0.6 is 0 Å². The van der Waals surface area contributed by atoms with Crippen LogP contribution in [0.2, 0.25) is 0 Å². The number of para-hydroxylation sites is 2. The van der Waals surface area contributed by atoms with Gasteiger partial charge in [-0.1, -0.05) is 19.1 Å². The smallest absolute Gasteiger partial charge is 0.304 e. The number of aromatic nitrogens is 2. The molecule has 0 fully saturated rings. The number of nitrogens with zero attached hydrogens (tertiary/aromatic N) is 2. The van der Waals surface area contributed by atoms with E-state index < -0.39 is 5.97 Å². The monoisotopic (exact) mass is 275 g/mol. The first kappa shape index (κ1) is 14.2. The van der Waals surface area contributed by atoms with Gasteiger partial charge in [0.25, 0.3) is 5.56 Å². The third-order valence-electron chi connectivity index (χ3n) is 3.13. The van der Waals surface area contributed by atoms with Crippen molar-refractivity contribution in [3.05, 3.63) is 40.3 Å². The van der Waals surface area contributed by atoms with E-state index in [-0.39, 0.29) is 12.0 Å². The summed E-state index contributed by atoms with van der Waals surface area (Å²) in [6, 6.07) is 7.34. The number of aliphatic carboxylic acids is 1. The Balaban J connectivity index is 2.21. The maximum Gasteiger partial charge on any atom is 0.304 e. The Morgan fingerprint density at radius 2 is 2.15 bits per heavy atom. The summed E-state index contributed by atoms with van der Waals surface area (Å²) in [6.45, 7) is 3.35. The lowest BCUT2D eigenvalue weighted by Gasteiger charge is -2.18. The second-order valence-corrected chi connectivity index (χ2v) is 4.54. The first-order chi connectivity index (χ1) is 9.60. The molecule has 2 aromatic rings. The van der Waals surface area contributed by atoms with E-state index >= 15 is 0 Å². The molecule has 0 aliphatic rings. The number of nitrogens with one attached hydrogen (secondary N) is 1. The topological polar surface area (TPSA) is 86.3 Å². The minimum atomic E-state index is -0.844. The Labute approximate surface area is 116 Å². The number of rotatable bonds is 6. The van der Waals surface area contributed by atoms with Crippen LogP contribution in [0.5, 0.6) is 0 Å². The normalized spacial score (nSPS) is 11.1. The van der Waals surface area contributed by atoms with Crippen molar-refractivity contribution in [1.29, 1.82) is 0 Å². The number of hydrogen-bond donors (Lipinski definition) is 2. The first-order valence-corrected chi connectivity index (χ1v) is 6.52. The van der Waals surface area contributed by atoms with Gasteiger partial charge in [-0.25, -0.2) is 4.98 Å². The van der Waals surface area contributed by atoms with Crippen LogP contribution in [0.25, 0.3) is 11.0 Å². The Bertz CT molecular complexity index is 666. The van der Waals surface area contributed by atoms with E-state index in [9.17, 15) is 9.59 Å². The number of hydrogen-bond acceptors (Lipinski definition) is 4.